The molecule has 0 aliphatic carbocycles. The Kier molecular flexibility index (Phi) is 5.27. The average molecular weight is 234 g/mol. The summed E-state index contributed by atoms with van der Waals surface area (Å²) in [7, 11) is 0. The molecule has 0 radical (unpaired) electrons. The number of hydrogen-bond acceptors (Lipinski definition) is 1. The van der Waals surface area contributed by atoms with Gasteiger partial charge in [0.25, 0.3) is 0 Å². The Bertz CT molecular complexity index is 445. The van der Waals surface area contributed by atoms with Gasteiger partial charge in [-0.25, -0.2) is 0 Å². The summed E-state index contributed by atoms with van der Waals surface area (Å²) >= 11 is 0. The molecule has 0 aliphatic rings. The van der Waals surface area contributed by atoms with Gasteiger partial charge in [0.15, 0.2) is 0 Å². The third-order valence-corrected chi connectivity index (χ3v) is 3.02. The van der Waals surface area contributed by atoms with E-state index in [9.17, 15) is 0 Å². The third kappa shape index (κ3) is 3.92. The fraction of sp³-hybridized carbons (Fsp3) is 0.500. The SMILES string of the molecule is C.CC(C)CCCCc1ccc2ccoc2c1.[HH]. The van der Waals surface area contributed by atoms with Crippen LogP contribution in [0.5, 0.6) is 0 Å². The summed E-state index contributed by atoms with van der Waals surface area (Å²) in [5, 5.41) is 1.20. The summed E-state index contributed by atoms with van der Waals surface area (Å²) in [5.41, 5.74) is 2.41. The van der Waals surface area contributed by atoms with Crippen LogP contribution in [0.2, 0.25) is 0 Å². The first-order valence-corrected chi connectivity index (χ1v) is 6.22. The molecule has 0 bridgehead atoms. The first kappa shape index (κ1) is 13.8. The molecule has 0 unspecified atom stereocenters. The fourth-order valence-electron chi connectivity index (χ4n) is 2.04. The van der Waals surface area contributed by atoms with Crippen molar-refractivity contribution in [3.63, 3.8) is 0 Å². The highest BCUT2D eigenvalue weighted by atomic mass is 16.3. The maximum absolute atomic E-state index is 5.40. The van der Waals surface area contributed by atoms with Gasteiger partial charge in [0.05, 0.1) is 6.26 Å². The Morgan fingerprint density at radius 3 is 2.76 bits per heavy atom. The third-order valence-electron chi connectivity index (χ3n) is 3.02. The highest BCUT2D eigenvalue weighted by molar-refractivity contribution is 5.77. The summed E-state index contributed by atoms with van der Waals surface area (Å²) in [4.78, 5) is 0. The summed E-state index contributed by atoms with van der Waals surface area (Å²) < 4.78 is 5.40. The molecule has 1 nitrogen and oxygen atoms in total. The molecule has 0 N–H and O–H groups in total. The molecule has 0 aliphatic heterocycles. The Morgan fingerprint density at radius 2 is 2.00 bits per heavy atom. The van der Waals surface area contributed by atoms with Crippen LogP contribution in [0.25, 0.3) is 11.0 Å². The zero-order valence-corrected chi connectivity index (χ0v) is 10.2. The van der Waals surface area contributed by atoms with E-state index in [1.165, 1.54) is 36.6 Å². The second-order valence-electron chi connectivity index (χ2n) is 4.93. The molecule has 0 saturated heterocycles. The Morgan fingerprint density at radius 1 is 1.18 bits per heavy atom. The summed E-state index contributed by atoms with van der Waals surface area (Å²) in [6.07, 6.45) is 6.87. The van der Waals surface area contributed by atoms with E-state index >= 15 is 0 Å². The number of hydrogen-bond donors (Lipinski definition) is 0. The summed E-state index contributed by atoms with van der Waals surface area (Å²) in [5.74, 6) is 0.826. The van der Waals surface area contributed by atoms with Crippen LogP contribution in [0, 0.1) is 5.92 Å². The van der Waals surface area contributed by atoms with Gasteiger partial charge in [-0.15, -0.1) is 0 Å². The number of aryl methyl sites for hydroxylation is 1. The lowest BCUT2D eigenvalue weighted by atomic mass is 10.0. The van der Waals surface area contributed by atoms with Crippen molar-refractivity contribution in [2.75, 3.05) is 0 Å². The van der Waals surface area contributed by atoms with Crippen molar-refractivity contribution < 1.29 is 5.84 Å². The molecule has 0 spiro atoms. The van der Waals surface area contributed by atoms with Crippen molar-refractivity contribution in [1.29, 1.82) is 0 Å². The lowest BCUT2D eigenvalue weighted by Gasteiger charge is -2.04. The van der Waals surface area contributed by atoms with Gasteiger partial charge in [0.2, 0.25) is 0 Å². The quantitative estimate of drug-likeness (QED) is 0.606. The normalized spacial score (nSPS) is 10.8. The minimum Gasteiger partial charge on any atom is -0.464 e. The van der Waals surface area contributed by atoms with E-state index in [4.69, 9.17) is 4.42 Å². The number of fused-ring (bicyclic) bond motifs is 1. The summed E-state index contributed by atoms with van der Waals surface area (Å²) in [6.45, 7) is 4.57. The molecular weight excluding hydrogens is 208 g/mol. The van der Waals surface area contributed by atoms with Gasteiger partial charge in [-0.3, -0.25) is 0 Å². The standard InChI is InChI=1S/C15H20O.CH4.H2/c1-12(2)5-3-4-6-13-7-8-14-9-10-16-15(14)11-13;;/h7-12H,3-6H2,1-2H3;1H4;1H. The number of unbranched alkanes of at least 4 members (excludes halogenated alkanes) is 1. The minimum absolute atomic E-state index is 0. The van der Waals surface area contributed by atoms with Crippen LogP contribution in [0.3, 0.4) is 0 Å². The number of benzene rings is 1. The van der Waals surface area contributed by atoms with Crippen LogP contribution in [0.4, 0.5) is 0 Å². The topological polar surface area (TPSA) is 13.1 Å². The monoisotopic (exact) mass is 234 g/mol. The smallest absolute Gasteiger partial charge is 0.134 e. The van der Waals surface area contributed by atoms with E-state index < -0.39 is 0 Å². The van der Waals surface area contributed by atoms with E-state index in [2.05, 4.69) is 32.0 Å². The number of rotatable bonds is 5. The molecule has 2 rings (SSSR count). The number of furan rings is 1. The first-order chi connectivity index (χ1) is 7.75. The molecule has 0 saturated carbocycles. The van der Waals surface area contributed by atoms with E-state index in [-0.39, 0.29) is 8.85 Å². The van der Waals surface area contributed by atoms with Gasteiger partial charge >= 0.3 is 0 Å². The molecule has 1 aromatic carbocycles. The van der Waals surface area contributed by atoms with E-state index in [0.29, 0.717) is 0 Å². The van der Waals surface area contributed by atoms with Crippen molar-refractivity contribution in [2.24, 2.45) is 5.92 Å². The molecule has 0 amide bonds. The average Bonchev–Trinajstić information content (AvgIpc) is 2.71. The highest BCUT2D eigenvalue weighted by Crippen LogP contribution is 2.18. The molecule has 0 fully saturated rings. The zero-order valence-electron chi connectivity index (χ0n) is 10.2. The predicted molar refractivity (Wildman–Crippen MR) is 77.5 cm³/mol. The lowest BCUT2D eigenvalue weighted by Crippen LogP contribution is -1.89. The molecule has 2 aromatic rings. The molecule has 1 heteroatoms. The second kappa shape index (κ2) is 6.48. The Labute approximate surface area is 106 Å². The predicted octanol–water partition coefficient (Wildman–Crippen LogP) is 5.68. The van der Waals surface area contributed by atoms with Crippen LogP contribution in [-0.2, 0) is 6.42 Å². The van der Waals surface area contributed by atoms with Crippen molar-refractivity contribution in [2.45, 2.75) is 47.0 Å². The molecular formula is C16H26O. The zero-order chi connectivity index (χ0) is 11.4. The second-order valence-corrected chi connectivity index (χ2v) is 4.93. The summed E-state index contributed by atoms with van der Waals surface area (Å²) in [6, 6.07) is 8.55. The Hall–Kier alpha value is -1.24. The first-order valence-electron chi connectivity index (χ1n) is 6.22. The maximum atomic E-state index is 5.40. The molecule has 96 valence electrons. The van der Waals surface area contributed by atoms with Gasteiger partial charge in [0.1, 0.15) is 5.58 Å². The van der Waals surface area contributed by atoms with Gasteiger partial charge < -0.3 is 4.42 Å². The van der Waals surface area contributed by atoms with Gasteiger partial charge in [-0.05, 0) is 36.5 Å². The van der Waals surface area contributed by atoms with E-state index in [0.717, 1.165) is 11.5 Å². The largest absolute Gasteiger partial charge is 0.464 e. The van der Waals surface area contributed by atoms with Gasteiger partial charge in [0, 0.05) is 6.81 Å². The molecule has 1 aromatic heterocycles. The van der Waals surface area contributed by atoms with E-state index in [1.807, 2.05) is 6.07 Å². The van der Waals surface area contributed by atoms with Crippen LogP contribution in [-0.4, -0.2) is 0 Å². The van der Waals surface area contributed by atoms with Crippen molar-refractivity contribution >= 4 is 11.0 Å². The van der Waals surface area contributed by atoms with Gasteiger partial charge in [-0.2, -0.15) is 0 Å². The molecule has 0 atom stereocenters. The van der Waals surface area contributed by atoms with Crippen molar-refractivity contribution in [3.05, 3.63) is 36.1 Å². The van der Waals surface area contributed by atoms with Crippen molar-refractivity contribution in [3.8, 4) is 0 Å². The van der Waals surface area contributed by atoms with Crippen LogP contribution >= 0.6 is 0 Å². The fourth-order valence-corrected chi connectivity index (χ4v) is 2.04. The molecule has 1 heterocycles. The minimum atomic E-state index is 0. The highest BCUT2D eigenvalue weighted by Gasteiger charge is 2.00. The molecule has 17 heavy (non-hydrogen) atoms. The van der Waals surface area contributed by atoms with Crippen LogP contribution in [0.1, 0.15) is 47.5 Å². The maximum Gasteiger partial charge on any atom is 0.134 e. The van der Waals surface area contributed by atoms with Crippen LogP contribution in [0.15, 0.2) is 34.9 Å². The Balaban J connectivity index is 0.00000144. The van der Waals surface area contributed by atoms with Crippen molar-refractivity contribution in [1.82, 2.24) is 0 Å². The van der Waals surface area contributed by atoms with E-state index in [1.54, 1.807) is 6.26 Å². The lowest BCUT2D eigenvalue weighted by molar-refractivity contribution is 0.538. The van der Waals surface area contributed by atoms with Gasteiger partial charge in [-0.1, -0.05) is 46.2 Å². The van der Waals surface area contributed by atoms with Crippen LogP contribution < -0.4 is 0 Å².